The first kappa shape index (κ1) is 21.3. The summed E-state index contributed by atoms with van der Waals surface area (Å²) < 4.78 is 46.8. The molecule has 0 radical (unpaired) electrons. The van der Waals surface area contributed by atoms with Crippen molar-refractivity contribution in [2.24, 2.45) is 0 Å². The van der Waals surface area contributed by atoms with Gasteiger partial charge in [0, 0.05) is 30.9 Å². The minimum Gasteiger partial charge on any atom is -0.480 e. The number of nitrogens with zero attached hydrogens (tertiary/aromatic N) is 5. The third kappa shape index (κ3) is 3.86. The quantitative estimate of drug-likeness (QED) is 0.661. The Morgan fingerprint density at radius 1 is 1.16 bits per heavy atom. The van der Waals surface area contributed by atoms with Crippen molar-refractivity contribution in [3.05, 3.63) is 53.3 Å². The van der Waals surface area contributed by atoms with Gasteiger partial charge in [0.05, 0.1) is 18.9 Å². The van der Waals surface area contributed by atoms with Crippen LogP contribution in [0.4, 0.5) is 24.5 Å². The predicted octanol–water partition coefficient (Wildman–Crippen LogP) is 2.85. The van der Waals surface area contributed by atoms with Crippen LogP contribution in [-0.4, -0.2) is 45.4 Å². The van der Waals surface area contributed by atoms with E-state index in [4.69, 9.17) is 4.74 Å². The van der Waals surface area contributed by atoms with E-state index in [0.717, 1.165) is 17.4 Å². The molecular weight excluding hydrogens is 429 g/mol. The van der Waals surface area contributed by atoms with Gasteiger partial charge < -0.3 is 15.0 Å². The van der Waals surface area contributed by atoms with Crippen LogP contribution in [0, 0.1) is 0 Å². The number of rotatable bonds is 4. The van der Waals surface area contributed by atoms with E-state index in [1.165, 1.54) is 32.2 Å². The van der Waals surface area contributed by atoms with Crippen molar-refractivity contribution in [2.75, 3.05) is 23.9 Å². The summed E-state index contributed by atoms with van der Waals surface area (Å²) in [5.41, 5.74) is -0.0979. The molecule has 2 amide bonds. The summed E-state index contributed by atoms with van der Waals surface area (Å²) in [7, 11) is 1.35. The predicted molar refractivity (Wildman–Crippen MR) is 107 cm³/mol. The monoisotopic (exact) mass is 446 g/mol. The fourth-order valence-corrected chi connectivity index (χ4v) is 3.50. The molecule has 0 saturated carbocycles. The Morgan fingerprint density at radius 3 is 2.56 bits per heavy atom. The molecule has 3 heterocycles. The van der Waals surface area contributed by atoms with Crippen LogP contribution in [0.15, 0.2) is 36.5 Å². The summed E-state index contributed by atoms with van der Waals surface area (Å²) in [5, 5.41) is 13.5. The molecule has 4 rings (SSSR count). The summed E-state index contributed by atoms with van der Waals surface area (Å²) >= 11 is 0. The van der Waals surface area contributed by atoms with Gasteiger partial charge in [0.15, 0.2) is 11.5 Å². The number of carbonyl (C=O) groups is 2. The Kier molecular flexibility index (Phi) is 5.28. The molecule has 32 heavy (non-hydrogen) atoms. The molecular formula is C20H17F3N6O3. The van der Waals surface area contributed by atoms with Crippen LogP contribution in [0.1, 0.15) is 28.5 Å². The fourth-order valence-electron chi connectivity index (χ4n) is 3.50. The van der Waals surface area contributed by atoms with Crippen LogP contribution >= 0.6 is 0 Å². The van der Waals surface area contributed by atoms with Gasteiger partial charge >= 0.3 is 6.18 Å². The number of benzene rings is 1. The number of ether oxygens (including phenoxy) is 1. The van der Waals surface area contributed by atoms with Crippen molar-refractivity contribution < 1.29 is 27.5 Å². The molecule has 1 N–H and O–H groups in total. The summed E-state index contributed by atoms with van der Waals surface area (Å²) in [6, 6.07) is 7.41. The Balaban J connectivity index is 1.64. The molecule has 0 fully saturated rings. The zero-order chi connectivity index (χ0) is 23.0. The molecule has 0 saturated heterocycles. The number of hydrogen-bond acceptors (Lipinski definition) is 6. The van der Waals surface area contributed by atoms with Crippen LogP contribution in [0.25, 0.3) is 5.82 Å². The van der Waals surface area contributed by atoms with Gasteiger partial charge in [-0.25, -0.2) is 4.68 Å². The number of aromatic nitrogens is 4. The van der Waals surface area contributed by atoms with E-state index in [9.17, 15) is 22.8 Å². The van der Waals surface area contributed by atoms with E-state index < -0.39 is 23.3 Å². The number of amides is 2. The molecule has 1 aliphatic rings. The lowest BCUT2D eigenvalue weighted by Gasteiger charge is -2.15. The first-order valence-corrected chi connectivity index (χ1v) is 9.44. The summed E-state index contributed by atoms with van der Waals surface area (Å²) in [6.07, 6.45) is -3.47. The molecule has 0 atom stereocenters. The molecule has 0 spiro atoms. The number of nitrogens with one attached hydrogen (secondary N) is 1. The van der Waals surface area contributed by atoms with Crippen LogP contribution in [0.3, 0.4) is 0 Å². The van der Waals surface area contributed by atoms with Crippen molar-refractivity contribution in [3.63, 3.8) is 0 Å². The molecule has 0 bridgehead atoms. The van der Waals surface area contributed by atoms with Gasteiger partial charge in [-0.3, -0.25) is 9.59 Å². The molecule has 166 valence electrons. The third-order valence-corrected chi connectivity index (χ3v) is 4.95. The Hall–Kier alpha value is -3.96. The summed E-state index contributed by atoms with van der Waals surface area (Å²) in [4.78, 5) is 26.0. The summed E-state index contributed by atoms with van der Waals surface area (Å²) in [6.45, 7) is 1.96. The second kappa shape index (κ2) is 7.94. The second-order valence-corrected chi connectivity index (χ2v) is 6.97. The highest BCUT2D eigenvalue weighted by Crippen LogP contribution is 2.34. The van der Waals surface area contributed by atoms with E-state index in [1.54, 1.807) is 17.0 Å². The average molecular weight is 446 g/mol. The molecule has 1 aliphatic heterocycles. The Morgan fingerprint density at radius 2 is 1.94 bits per heavy atom. The van der Waals surface area contributed by atoms with Gasteiger partial charge in [-0.2, -0.15) is 18.3 Å². The smallest absolute Gasteiger partial charge is 0.434 e. The highest BCUT2D eigenvalue weighted by atomic mass is 19.4. The molecule has 0 unspecified atom stereocenters. The van der Waals surface area contributed by atoms with Crippen molar-refractivity contribution >= 4 is 23.2 Å². The number of alkyl halides is 3. The Bertz CT molecular complexity index is 1190. The average Bonchev–Trinajstić information content (AvgIpc) is 3.38. The van der Waals surface area contributed by atoms with Crippen LogP contribution < -0.4 is 15.0 Å². The first-order valence-electron chi connectivity index (χ1n) is 9.44. The van der Waals surface area contributed by atoms with E-state index in [0.29, 0.717) is 23.3 Å². The Labute approximate surface area is 179 Å². The first-order chi connectivity index (χ1) is 15.2. The van der Waals surface area contributed by atoms with Crippen molar-refractivity contribution in [2.45, 2.75) is 19.5 Å². The third-order valence-electron chi connectivity index (χ3n) is 4.95. The topological polar surface area (TPSA) is 102 Å². The van der Waals surface area contributed by atoms with Crippen molar-refractivity contribution in [1.29, 1.82) is 0 Å². The van der Waals surface area contributed by atoms with Gasteiger partial charge in [-0.15, -0.1) is 10.2 Å². The lowest BCUT2D eigenvalue weighted by Crippen LogP contribution is -2.25. The number of hydrogen-bond donors (Lipinski definition) is 1. The number of methoxy groups -OCH3 is 1. The molecule has 12 heteroatoms. The van der Waals surface area contributed by atoms with Crippen molar-refractivity contribution in [1.82, 2.24) is 20.0 Å². The maximum absolute atomic E-state index is 13.8. The summed E-state index contributed by atoms with van der Waals surface area (Å²) in [5.74, 6) is -1.19. The van der Waals surface area contributed by atoms with Crippen LogP contribution in [-0.2, 0) is 17.4 Å². The highest BCUT2D eigenvalue weighted by molar-refractivity contribution is 6.05. The van der Waals surface area contributed by atoms with Crippen LogP contribution in [0.2, 0.25) is 0 Å². The van der Waals surface area contributed by atoms with E-state index in [2.05, 4.69) is 20.6 Å². The van der Waals surface area contributed by atoms with E-state index in [-0.39, 0.29) is 17.6 Å². The van der Waals surface area contributed by atoms with E-state index >= 15 is 0 Å². The standard InChI is InChI=1S/C20H17F3N6O3/c1-11(30)28-8-7-12-9-13(3-4-15(12)28)25-19(31)14-10-24-29(18(14)20(21,22)23)16-5-6-17(32-2)27-26-16/h3-6,9-10H,7-8H2,1-2H3,(H,25,31). The molecule has 9 nitrogen and oxygen atoms in total. The van der Waals surface area contributed by atoms with Gasteiger partial charge in [0.25, 0.3) is 5.91 Å². The normalized spacial score (nSPS) is 13.1. The lowest BCUT2D eigenvalue weighted by molar-refractivity contribution is -0.143. The molecule has 1 aromatic carbocycles. The van der Waals surface area contributed by atoms with Crippen molar-refractivity contribution in [3.8, 4) is 11.7 Å². The molecule has 3 aromatic rings. The molecule has 0 aliphatic carbocycles. The van der Waals surface area contributed by atoms with E-state index in [1.807, 2.05) is 0 Å². The maximum Gasteiger partial charge on any atom is 0.434 e. The van der Waals surface area contributed by atoms with Gasteiger partial charge in [-0.1, -0.05) is 0 Å². The zero-order valence-electron chi connectivity index (χ0n) is 17.0. The number of anilines is 2. The maximum atomic E-state index is 13.8. The lowest BCUT2D eigenvalue weighted by atomic mass is 10.1. The molecule has 2 aromatic heterocycles. The van der Waals surface area contributed by atoms with Crippen LogP contribution in [0.5, 0.6) is 5.88 Å². The number of fused-ring (bicyclic) bond motifs is 1. The SMILES string of the molecule is COc1ccc(-n2ncc(C(=O)Nc3ccc4c(c3)CCN4C(C)=O)c2C(F)(F)F)nn1. The number of carbonyl (C=O) groups excluding carboxylic acids is 2. The van der Waals surface area contributed by atoms with Gasteiger partial charge in [-0.05, 0) is 36.2 Å². The fraction of sp³-hybridized carbons (Fsp3) is 0.250. The number of halogens is 3. The zero-order valence-corrected chi connectivity index (χ0v) is 17.0. The second-order valence-electron chi connectivity index (χ2n) is 6.97. The van der Waals surface area contributed by atoms with Gasteiger partial charge in [0.2, 0.25) is 11.8 Å². The highest BCUT2D eigenvalue weighted by Gasteiger charge is 2.41. The minimum atomic E-state index is -4.88. The minimum absolute atomic E-state index is 0.107. The van der Waals surface area contributed by atoms with Gasteiger partial charge in [0.1, 0.15) is 0 Å². The largest absolute Gasteiger partial charge is 0.480 e.